The Morgan fingerprint density at radius 2 is 2.09 bits per heavy atom. The molecule has 1 aliphatic heterocycles. The zero-order valence-corrected chi connectivity index (χ0v) is 13.0. The maximum Gasteiger partial charge on any atom is 0.193 e. The molecule has 118 valence electrons. The first-order valence-electron chi connectivity index (χ1n) is 7.49. The van der Waals surface area contributed by atoms with Crippen molar-refractivity contribution in [3.63, 3.8) is 0 Å². The Morgan fingerprint density at radius 1 is 1.32 bits per heavy atom. The summed E-state index contributed by atoms with van der Waals surface area (Å²) in [5, 5.41) is 0.577. The van der Waals surface area contributed by atoms with E-state index in [9.17, 15) is 4.79 Å². The van der Waals surface area contributed by atoms with Crippen molar-refractivity contribution in [3.05, 3.63) is 46.3 Å². The van der Waals surface area contributed by atoms with Crippen LogP contribution in [0.15, 0.2) is 39.5 Å². The first-order valence-corrected chi connectivity index (χ1v) is 7.49. The first-order chi connectivity index (χ1) is 10.5. The largest absolute Gasteiger partial charge is 0.458 e. The molecule has 22 heavy (non-hydrogen) atoms. The van der Waals surface area contributed by atoms with Crippen molar-refractivity contribution in [1.29, 1.82) is 0 Å². The Hall–Kier alpha value is -1.69. The maximum absolute atomic E-state index is 12.2. The molecule has 3 rings (SSSR count). The molecule has 1 saturated heterocycles. The first kappa shape index (κ1) is 15.2. The van der Waals surface area contributed by atoms with Crippen molar-refractivity contribution < 1.29 is 18.6 Å². The van der Waals surface area contributed by atoms with Crippen LogP contribution < -0.4 is 5.43 Å². The molecule has 0 spiro atoms. The standard InChI is InChI=1S/C17H20O5/c1-4-19-11(2)20-10-16-17(3,22-16)15-9-13(18)12-7-5-6-8-14(12)21-15/h5-9,11,16H,4,10H2,1-3H3/t11?,16-,17+/m0/s1. The van der Waals surface area contributed by atoms with Crippen molar-refractivity contribution in [3.8, 4) is 0 Å². The van der Waals surface area contributed by atoms with Crippen molar-refractivity contribution >= 4 is 11.0 Å². The van der Waals surface area contributed by atoms with E-state index in [4.69, 9.17) is 18.6 Å². The van der Waals surface area contributed by atoms with Gasteiger partial charge in [-0.25, -0.2) is 0 Å². The van der Waals surface area contributed by atoms with E-state index in [1.165, 1.54) is 6.07 Å². The minimum absolute atomic E-state index is 0.0593. The van der Waals surface area contributed by atoms with Crippen LogP contribution >= 0.6 is 0 Å². The van der Waals surface area contributed by atoms with E-state index in [1.54, 1.807) is 12.1 Å². The summed E-state index contributed by atoms with van der Waals surface area (Å²) < 4.78 is 22.4. The van der Waals surface area contributed by atoms with Gasteiger partial charge in [0.05, 0.1) is 12.0 Å². The number of epoxide rings is 1. The summed E-state index contributed by atoms with van der Waals surface area (Å²) in [6.07, 6.45) is -0.415. The lowest BCUT2D eigenvalue weighted by atomic mass is 10.0. The van der Waals surface area contributed by atoms with Gasteiger partial charge >= 0.3 is 0 Å². The third kappa shape index (κ3) is 2.79. The van der Waals surface area contributed by atoms with Crippen LogP contribution in [0.5, 0.6) is 0 Å². The Bertz CT molecular complexity index is 722. The van der Waals surface area contributed by atoms with Gasteiger partial charge in [0.15, 0.2) is 17.3 Å². The second-order valence-electron chi connectivity index (χ2n) is 5.54. The molecule has 5 heteroatoms. The topological polar surface area (TPSA) is 61.2 Å². The summed E-state index contributed by atoms with van der Waals surface area (Å²) in [6, 6.07) is 8.71. The average molecular weight is 304 g/mol. The van der Waals surface area contributed by atoms with Crippen LogP contribution in [0.25, 0.3) is 11.0 Å². The van der Waals surface area contributed by atoms with E-state index in [0.29, 0.717) is 29.9 Å². The van der Waals surface area contributed by atoms with Gasteiger partial charge < -0.3 is 18.6 Å². The molecule has 3 atom stereocenters. The van der Waals surface area contributed by atoms with Crippen molar-refractivity contribution in [2.24, 2.45) is 0 Å². The Morgan fingerprint density at radius 3 is 2.86 bits per heavy atom. The fourth-order valence-corrected chi connectivity index (χ4v) is 2.53. The molecule has 0 bridgehead atoms. The quantitative estimate of drug-likeness (QED) is 0.606. The van der Waals surface area contributed by atoms with E-state index in [2.05, 4.69) is 0 Å². The van der Waals surface area contributed by atoms with Crippen molar-refractivity contribution in [2.45, 2.75) is 38.8 Å². The SMILES string of the molecule is CCOC(C)OC[C@@H]1O[C@]1(C)c1cc(=O)c2ccccc2o1. The van der Waals surface area contributed by atoms with E-state index in [0.717, 1.165) is 0 Å². The summed E-state index contributed by atoms with van der Waals surface area (Å²) in [6.45, 7) is 6.66. The lowest BCUT2D eigenvalue weighted by Gasteiger charge is -2.12. The van der Waals surface area contributed by atoms with Gasteiger partial charge in [-0.15, -0.1) is 0 Å². The number of fused-ring (bicyclic) bond motifs is 1. The summed E-state index contributed by atoms with van der Waals surface area (Å²) >= 11 is 0. The number of hydrogen-bond donors (Lipinski definition) is 0. The summed E-state index contributed by atoms with van der Waals surface area (Å²) in [5.41, 5.74) is -0.102. The van der Waals surface area contributed by atoms with Crippen LogP contribution in [0.3, 0.4) is 0 Å². The molecule has 1 unspecified atom stereocenters. The molecule has 0 aliphatic carbocycles. The lowest BCUT2D eigenvalue weighted by Crippen LogP contribution is -2.20. The second-order valence-corrected chi connectivity index (χ2v) is 5.54. The number of hydrogen-bond acceptors (Lipinski definition) is 5. The van der Waals surface area contributed by atoms with Crippen LogP contribution in [-0.4, -0.2) is 25.6 Å². The van der Waals surface area contributed by atoms with Crippen LogP contribution in [0.2, 0.25) is 0 Å². The number of para-hydroxylation sites is 1. The Labute approximate surface area is 128 Å². The molecule has 1 aromatic carbocycles. The molecule has 0 N–H and O–H groups in total. The van der Waals surface area contributed by atoms with Gasteiger partial charge in [0.25, 0.3) is 0 Å². The van der Waals surface area contributed by atoms with E-state index < -0.39 is 5.60 Å². The van der Waals surface area contributed by atoms with Crippen LogP contribution in [0.1, 0.15) is 26.5 Å². The Balaban J connectivity index is 1.76. The van der Waals surface area contributed by atoms with Gasteiger partial charge in [0.1, 0.15) is 17.4 Å². The predicted molar refractivity (Wildman–Crippen MR) is 81.7 cm³/mol. The number of benzene rings is 1. The van der Waals surface area contributed by atoms with Crippen LogP contribution in [-0.2, 0) is 19.8 Å². The molecule has 0 radical (unpaired) electrons. The lowest BCUT2D eigenvalue weighted by molar-refractivity contribution is -0.129. The normalized spacial score (nSPS) is 25.3. The zero-order valence-electron chi connectivity index (χ0n) is 13.0. The molecular formula is C17H20O5. The van der Waals surface area contributed by atoms with Gasteiger partial charge in [-0.2, -0.15) is 0 Å². The molecule has 5 nitrogen and oxygen atoms in total. The third-order valence-electron chi connectivity index (χ3n) is 3.95. The van der Waals surface area contributed by atoms with Crippen LogP contribution in [0.4, 0.5) is 0 Å². The van der Waals surface area contributed by atoms with Crippen LogP contribution in [0, 0.1) is 0 Å². The molecule has 2 heterocycles. The van der Waals surface area contributed by atoms with Gasteiger partial charge in [0.2, 0.25) is 0 Å². The minimum atomic E-state index is -0.616. The van der Waals surface area contributed by atoms with Gasteiger partial charge in [-0.3, -0.25) is 4.79 Å². The van der Waals surface area contributed by atoms with Gasteiger partial charge in [-0.1, -0.05) is 12.1 Å². The highest BCUT2D eigenvalue weighted by molar-refractivity contribution is 5.76. The molecule has 1 aliphatic rings. The molecule has 1 aromatic heterocycles. The summed E-state index contributed by atoms with van der Waals surface area (Å²) in [7, 11) is 0. The molecule has 0 saturated carbocycles. The van der Waals surface area contributed by atoms with Gasteiger partial charge in [0, 0.05) is 12.7 Å². The Kier molecular flexibility index (Phi) is 4.04. The van der Waals surface area contributed by atoms with Crippen molar-refractivity contribution in [2.75, 3.05) is 13.2 Å². The number of rotatable bonds is 6. The van der Waals surface area contributed by atoms with E-state index in [-0.39, 0.29) is 17.8 Å². The molecule has 0 amide bonds. The predicted octanol–water partition coefficient (Wildman–Crippen LogP) is 2.81. The monoisotopic (exact) mass is 304 g/mol. The average Bonchev–Trinajstić information content (AvgIpc) is 3.18. The molecule has 1 fully saturated rings. The van der Waals surface area contributed by atoms with Crippen molar-refractivity contribution in [1.82, 2.24) is 0 Å². The fraction of sp³-hybridized carbons (Fsp3) is 0.471. The summed E-state index contributed by atoms with van der Waals surface area (Å²) in [4.78, 5) is 12.2. The second kappa shape index (κ2) is 5.83. The minimum Gasteiger partial charge on any atom is -0.458 e. The third-order valence-corrected chi connectivity index (χ3v) is 3.95. The highest BCUT2D eigenvalue weighted by atomic mass is 16.7. The highest BCUT2D eigenvalue weighted by Gasteiger charge is 2.56. The molecule has 2 aromatic rings. The highest BCUT2D eigenvalue weighted by Crippen LogP contribution is 2.46. The van der Waals surface area contributed by atoms with E-state index in [1.807, 2.05) is 32.9 Å². The zero-order chi connectivity index (χ0) is 15.7. The maximum atomic E-state index is 12.2. The van der Waals surface area contributed by atoms with E-state index >= 15 is 0 Å². The smallest absolute Gasteiger partial charge is 0.193 e. The van der Waals surface area contributed by atoms with Gasteiger partial charge in [-0.05, 0) is 32.9 Å². The summed E-state index contributed by atoms with van der Waals surface area (Å²) in [5.74, 6) is 0.536. The number of ether oxygens (including phenoxy) is 3. The molecular weight excluding hydrogens is 284 g/mol. The fourth-order valence-electron chi connectivity index (χ4n) is 2.53.